The average molecular weight is 505 g/mol. The van der Waals surface area contributed by atoms with Crippen molar-refractivity contribution < 1.29 is 18.3 Å². The Bertz CT molecular complexity index is 1440. The lowest BCUT2D eigenvalue weighted by atomic mass is 10.1. The lowest BCUT2D eigenvalue weighted by Gasteiger charge is -2.10. The Labute approximate surface area is 210 Å². The van der Waals surface area contributed by atoms with E-state index in [2.05, 4.69) is 27.2 Å². The smallest absolute Gasteiger partial charge is 0.260 e. The van der Waals surface area contributed by atoms with Crippen LogP contribution < -0.4 is 15.4 Å². The molecule has 1 aromatic heterocycles. The van der Waals surface area contributed by atoms with Gasteiger partial charge >= 0.3 is 0 Å². The van der Waals surface area contributed by atoms with Gasteiger partial charge in [0.2, 0.25) is 17.7 Å². The van der Waals surface area contributed by atoms with Crippen molar-refractivity contribution in [3.63, 3.8) is 0 Å². The first kappa shape index (κ1) is 24.6. The predicted molar refractivity (Wildman–Crippen MR) is 137 cm³/mol. The molecule has 0 aliphatic carbocycles. The number of hydrogen-bond acceptors (Lipinski definition) is 5. The van der Waals surface area contributed by atoms with Gasteiger partial charge in [0, 0.05) is 28.0 Å². The molecule has 3 aromatic carbocycles. The largest absolute Gasteiger partial charge is 0.436 e. The number of nitrogens with one attached hydrogen (secondary N) is 2. The van der Waals surface area contributed by atoms with E-state index >= 15 is 0 Å². The van der Waals surface area contributed by atoms with Gasteiger partial charge in [0.05, 0.1) is 6.20 Å². The molecule has 1 heterocycles. The quantitative estimate of drug-likeness (QED) is 0.195. The number of amides is 1. The van der Waals surface area contributed by atoms with Gasteiger partial charge in [0.1, 0.15) is 11.6 Å². The zero-order valence-electron chi connectivity index (χ0n) is 18.7. The second-order valence-corrected chi connectivity index (χ2v) is 7.85. The van der Waals surface area contributed by atoms with E-state index in [1.54, 1.807) is 54.6 Å². The first-order valence-electron chi connectivity index (χ1n) is 10.6. The lowest BCUT2D eigenvalue weighted by Crippen LogP contribution is -2.07. The first-order valence-corrected chi connectivity index (χ1v) is 11.0. The Morgan fingerprint density at radius 3 is 2.53 bits per heavy atom. The first-order chi connectivity index (χ1) is 17.4. The molecule has 0 radical (unpaired) electrons. The van der Waals surface area contributed by atoms with Crippen molar-refractivity contribution in [2.45, 2.75) is 0 Å². The summed E-state index contributed by atoms with van der Waals surface area (Å²) in [6.45, 7) is 3.40. The Morgan fingerprint density at radius 1 is 0.972 bits per heavy atom. The number of benzene rings is 3. The summed E-state index contributed by atoms with van der Waals surface area (Å²) in [7, 11) is 0. The molecule has 0 aliphatic rings. The number of nitrogens with zero attached hydrogens (tertiary/aromatic N) is 2. The Hall–Kier alpha value is -4.56. The molecule has 0 aliphatic heterocycles. The highest BCUT2D eigenvalue weighted by atomic mass is 35.5. The molecule has 0 bridgehead atoms. The number of anilines is 3. The molecule has 0 saturated heterocycles. The molecule has 2 N–H and O–H groups in total. The van der Waals surface area contributed by atoms with Gasteiger partial charge in [-0.15, -0.1) is 0 Å². The van der Waals surface area contributed by atoms with E-state index in [4.69, 9.17) is 16.3 Å². The molecule has 6 nitrogen and oxygen atoms in total. The molecule has 0 saturated carbocycles. The molecule has 36 heavy (non-hydrogen) atoms. The van der Waals surface area contributed by atoms with Gasteiger partial charge < -0.3 is 15.4 Å². The number of aromatic nitrogens is 2. The van der Waals surface area contributed by atoms with E-state index in [0.717, 1.165) is 17.8 Å². The van der Waals surface area contributed by atoms with Gasteiger partial charge in [-0.2, -0.15) is 9.37 Å². The summed E-state index contributed by atoms with van der Waals surface area (Å²) in [4.78, 5) is 19.5. The van der Waals surface area contributed by atoms with Crippen LogP contribution in [0.1, 0.15) is 11.1 Å². The molecular weight excluding hydrogens is 486 g/mol. The molecule has 9 heteroatoms. The van der Waals surface area contributed by atoms with Crippen LogP contribution in [0.3, 0.4) is 0 Å². The second kappa shape index (κ2) is 11.2. The third kappa shape index (κ3) is 6.52. The highest BCUT2D eigenvalue weighted by Gasteiger charge is 2.11. The molecule has 1 amide bonds. The van der Waals surface area contributed by atoms with E-state index in [-0.39, 0.29) is 23.5 Å². The van der Waals surface area contributed by atoms with Crippen LogP contribution in [-0.2, 0) is 4.79 Å². The number of carbonyl (C=O) groups excluding carboxylic acids is 1. The molecular formula is C27H19ClF2N4O2. The molecule has 180 valence electrons. The predicted octanol–water partition coefficient (Wildman–Crippen LogP) is 7.24. The van der Waals surface area contributed by atoms with Crippen molar-refractivity contribution in [1.82, 2.24) is 9.97 Å². The van der Waals surface area contributed by atoms with Crippen LogP contribution in [0.15, 0.2) is 85.6 Å². The summed E-state index contributed by atoms with van der Waals surface area (Å²) < 4.78 is 33.8. The van der Waals surface area contributed by atoms with Crippen LogP contribution in [0.5, 0.6) is 11.6 Å². The standard InChI is InChI=1S/C27H19ClF2N4O2/c1-2-25(35)32-21-4-3-5-22(15-21)36-26-24(30)16-31-27(34-26)33-20-12-7-17(8-13-20)6-9-18-10-11-19(28)14-23(18)29/h2-16H,1H2,(H,32,35)(H,31,33,34)/b9-6+. The minimum Gasteiger partial charge on any atom is -0.436 e. The van der Waals surface area contributed by atoms with Crippen molar-refractivity contribution in [2.75, 3.05) is 10.6 Å². The summed E-state index contributed by atoms with van der Waals surface area (Å²) in [5, 5.41) is 5.92. The normalized spacial score (nSPS) is 10.8. The lowest BCUT2D eigenvalue weighted by molar-refractivity contribution is -0.111. The van der Waals surface area contributed by atoms with Crippen LogP contribution in [0.4, 0.5) is 26.1 Å². The van der Waals surface area contributed by atoms with Crippen molar-refractivity contribution in [2.24, 2.45) is 0 Å². The zero-order chi connectivity index (χ0) is 25.5. The Kier molecular flexibility index (Phi) is 7.67. The van der Waals surface area contributed by atoms with Gasteiger partial charge in [-0.05, 0) is 48.0 Å². The SMILES string of the molecule is C=CC(=O)Nc1cccc(Oc2nc(Nc3ccc(/C=C/c4ccc(Cl)cc4F)cc3)ncc2F)c1. The van der Waals surface area contributed by atoms with Crippen LogP contribution in [0.2, 0.25) is 5.02 Å². The molecule has 4 rings (SSSR count). The summed E-state index contributed by atoms with van der Waals surface area (Å²) in [6.07, 6.45) is 5.55. The number of halogens is 3. The Morgan fingerprint density at radius 2 is 1.78 bits per heavy atom. The molecule has 0 fully saturated rings. The fraction of sp³-hybridized carbons (Fsp3) is 0. The third-order valence-corrected chi connectivity index (χ3v) is 5.03. The van der Waals surface area contributed by atoms with Crippen LogP contribution in [-0.4, -0.2) is 15.9 Å². The van der Waals surface area contributed by atoms with Crippen LogP contribution >= 0.6 is 11.6 Å². The third-order valence-electron chi connectivity index (χ3n) is 4.80. The van der Waals surface area contributed by atoms with Gasteiger partial charge in [0.25, 0.3) is 5.88 Å². The van der Waals surface area contributed by atoms with E-state index in [1.807, 2.05) is 12.1 Å². The van der Waals surface area contributed by atoms with Crippen molar-refractivity contribution in [3.8, 4) is 11.6 Å². The van der Waals surface area contributed by atoms with Crippen LogP contribution in [0, 0.1) is 11.6 Å². The van der Waals surface area contributed by atoms with Gasteiger partial charge in [-0.1, -0.05) is 54.6 Å². The molecule has 0 atom stereocenters. The highest BCUT2D eigenvalue weighted by Crippen LogP contribution is 2.26. The minimum absolute atomic E-state index is 0.119. The van der Waals surface area contributed by atoms with Crippen molar-refractivity contribution in [3.05, 3.63) is 113 Å². The summed E-state index contributed by atoms with van der Waals surface area (Å²) in [5.41, 5.74) is 2.36. The number of hydrogen-bond donors (Lipinski definition) is 2. The highest BCUT2D eigenvalue weighted by molar-refractivity contribution is 6.30. The maximum Gasteiger partial charge on any atom is 0.260 e. The Balaban J connectivity index is 1.44. The van der Waals surface area contributed by atoms with E-state index in [1.165, 1.54) is 12.1 Å². The summed E-state index contributed by atoms with van der Waals surface area (Å²) in [6, 6.07) is 18.1. The fourth-order valence-corrected chi connectivity index (χ4v) is 3.21. The monoisotopic (exact) mass is 504 g/mol. The number of ether oxygens (including phenoxy) is 1. The topological polar surface area (TPSA) is 76.1 Å². The average Bonchev–Trinajstić information content (AvgIpc) is 2.86. The van der Waals surface area contributed by atoms with Crippen molar-refractivity contribution in [1.29, 1.82) is 0 Å². The van der Waals surface area contributed by atoms with Gasteiger partial charge in [-0.3, -0.25) is 4.79 Å². The molecule has 4 aromatic rings. The number of rotatable bonds is 8. The fourth-order valence-electron chi connectivity index (χ4n) is 3.05. The number of carbonyl (C=O) groups is 1. The van der Waals surface area contributed by atoms with Gasteiger partial charge in [0.15, 0.2) is 0 Å². The molecule has 0 spiro atoms. The summed E-state index contributed by atoms with van der Waals surface area (Å²) in [5.74, 6) is -1.44. The van der Waals surface area contributed by atoms with Gasteiger partial charge in [-0.25, -0.2) is 9.37 Å². The van der Waals surface area contributed by atoms with E-state index in [0.29, 0.717) is 22.0 Å². The van der Waals surface area contributed by atoms with Crippen molar-refractivity contribution >= 4 is 47.0 Å². The molecule has 0 unspecified atom stereocenters. The van der Waals surface area contributed by atoms with Crippen LogP contribution in [0.25, 0.3) is 12.2 Å². The second-order valence-electron chi connectivity index (χ2n) is 7.42. The van der Waals surface area contributed by atoms with E-state index < -0.39 is 11.6 Å². The maximum absolute atomic E-state index is 14.3. The summed E-state index contributed by atoms with van der Waals surface area (Å²) >= 11 is 5.78. The maximum atomic E-state index is 14.3. The minimum atomic E-state index is -0.754. The zero-order valence-corrected chi connectivity index (χ0v) is 19.5. The van der Waals surface area contributed by atoms with E-state index in [9.17, 15) is 13.6 Å².